The van der Waals surface area contributed by atoms with Gasteiger partial charge in [0.25, 0.3) is 11.8 Å². The number of carbonyl (C=O) groups is 2. The standard InChI is InChI=1S/C19H17F3N4O2/c1-19(2,3)25-18(28)16-24-15(12-6-4-5-9-26(12)16)17(27)23-11-8-7-10(20)13(21)14(11)22/h4-9H,1-3H3,(H,23,27)(H,25,28). The summed E-state index contributed by atoms with van der Waals surface area (Å²) in [5, 5.41) is 4.91. The molecule has 0 fully saturated rings. The van der Waals surface area contributed by atoms with E-state index in [1.165, 1.54) is 4.40 Å². The Morgan fingerprint density at radius 3 is 2.39 bits per heavy atom. The van der Waals surface area contributed by atoms with Crippen LogP contribution in [0.25, 0.3) is 5.52 Å². The highest BCUT2D eigenvalue weighted by atomic mass is 19.2. The van der Waals surface area contributed by atoms with Crippen LogP contribution in [0.4, 0.5) is 18.9 Å². The third-order valence-corrected chi connectivity index (χ3v) is 3.74. The molecule has 0 saturated carbocycles. The molecule has 0 spiro atoms. The molecule has 0 saturated heterocycles. The van der Waals surface area contributed by atoms with E-state index in [0.29, 0.717) is 11.6 Å². The minimum atomic E-state index is -1.70. The third-order valence-electron chi connectivity index (χ3n) is 3.74. The van der Waals surface area contributed by atoms with Gasteiger partial charge in [-0.25, -0.2) is 18.2 Å². The Bertz CT molecular complexity index is 1090. The fourth-order valence-corrected chi connectivity index (χ4v) is 2.57. The number of nitrogens with zero attached hydrogens (tertiary/aromatic N) is 2. The van der Waals surface area contributed by atoms with Gasteiger partial charge in [-0.1, -0.05) is 6.07 Å². The highest BCUT2D eigenvalue weighted by Gasteiger charge is 2.25. The predicted octanol–water partition coefficient (Wildman–Crippen LogP) is 3.53. The summed E-state index contributed by atoms with van der Waals surface area (Å²) in [6.07, 6.45) is 1.55. The molecule has 3 rings (SSSR count). The first-order chi connectivity index (χ1) is 13.1. The summed E-state index contributed by atoms with van der Waals surface area (Å²) in [6, 6.07) is 6.44. The van der Waals surface area contributed by atoms with E-state index in [2.05, 4.69) is 15.6 Å². The second-order valence-electron chi connectivity index (χ2n) is 7.12. The average Bonchev–Trinajstić information content (AvgIpc) is 3.01. The molecule has 28 heavy (non-hydrogen) atoms. The van der Waals surface area contributed by atoms with Gasteiger partial charge in [-0.15, -0.1) is 0 Å². The van der Waals surface area contributed by atoms with Crippen molar-refractivity contribution in [1.82, 2.24) is 14.7 Å². The molecule has 2 amide bonds. The molecule has 6 nitrogen and oxygen atoms in total. The number of anilines is 1. The van der Waals surface area contributed by atoms with E-state index in [9.17, 15) is 22.8 Å². The van der Waals surface area contributed by atoms with Crippen molar-refractivity contribution in [3.05, 3.63) is 65.5 Å². The molecule has 0 aliphatic heterocycles. The molecule has 146 valence electrons. The molecular formula is C19H17F3N4O2. The molecule has 9 heteroatoms. The summed E-state index contributed by atoms with van der Waals surface area (Å²) in [5.74, 6) is -6.01. The number of pyridine rings is 1. The van der Waals surface area contributed by atoms with Gasteiger partial charge in [0.1, 0.15) is 0 Å². The maximum atomic E-state index is 13.9. The smallest absolute Gasteiger partial charge is 0.288 e. The van der Waals surface area contributed by atoms with Gasteiger partial charge in [-0.05, 0) is 45.0 Å². The Kier molecular flexibility index (Phi) is 4.84. The van der Waals surface area contributed by atoms with Crippen LogP contribution in [0.5, 0.6) is 0 Å². The maximum Gasteiger partial charge on any atom is 0.288 e. The van der Waals surface area contributed by atoms with Gasteiger partial charge in [-0.3, -0.25) is 14.0 Å². The first-order valence-corrected chi connectivity index (χ1v) is 8.33. The zero-order valence-corrected chi connectivity index (χ0v) is 15.3. The van der Waals surface area contributed by atoms with Gasteiger partial charge < -0.3 is 10.6 Å². The number of hydrogen-bond acceptors (Lipinski definition) is 3. The zero-order valence-electron chi connectivity index (χ0n) is 15.3. The molecule has 3 aromatic rings. The van der Waals surface area contributed by atoms with E-state index >= 15 is 0 Å². The first kappa shape index (κ1) is 19.4. The summed E-state index contributed by atoms with van der Waals surface area (Å²) >= 11 is 0. The SMILES string of the molecule is CC(C)(C)NC(=O)c1nc(C(=O)Nc2ccc(F)c(F)c2F)c2ccccn12. The van der Waals surface area contributed by atoms with Crippen LogP contribution in [0.3, 0.4) is 0 Å². The fraction of sp³-hybridized carbons (Fsp3) is 0.211. The fourth-order valence-electron chi connectivity index (χ4n) is 2.57. The normalized spacial score (nSPS) is 11.5. The van der Waals surface area contributed by atoms with E-state index in [1.807, 2.05) is 0 Å². The molecule has 0 bridgehead atoms. The van der Waals surface area contributed by atoms with Crippen molar-refractivity contribution in [2.24, 2.45) is 0 Å². The number of rotatable bonds is 3. The molecule has 0 aliphatic rings. The van der Waals surface area contributed by atoms with Crippen LogP contribution in [0.2, 0.25) is 0 Å². The lowest BCUT2D eigenvalue weighted by atomic mass is 10.1. The van der Waals surface area contributed by atoms with Gasteiger partial charge in [0.05, 0.1) is 11.2 Å². The Morgan fingerprint density at radius 2 is 1.71 bits per heavy atom. The summed E-state index contributed by atoms with van der Waals surface area (Å²) in [6.45, 7) is 5.38. The largest absolute Gasteiger partial charge is 0.345 e. The predicted molar refractivity (Wildman–Crippen MR) is 96.7 cm³/mol. The lowest BCUT2D eigenvalue weighted by Gasteiger charge is -2.19. The van der Waals surface area contributed by atoms with Crippen molar-refractivity contribution < 1.29 is 22.8 Å². The molecule has 0 atom stereocenters. The number of nitrogens with one attached hydrogen (secondary N) is 2. The van der Waals surface area contributed by atoms with Crippen LogP contribution in [0, 0.1) is 17.5 Å². The van der Waals surface area contributed by atoms with Crippen molar-refractivity contribution in [2.45, 2.75) is 26.3 Å². The summed E-state index contributed by atoms with van der Waals surface area (Å²) in [5.41, 5.74) is -0.943. The number of halogens is 3. The second kappa shape index (κ2) is 6.99. The van der Waals surface area contributed by atoms with E-state index in [-0.39, 0.29) is 11.5 Å². The quantitative estimate of drug-likeness (QED) is 0.672. The molecule has 1 aromatic carbocycles. The monoisotopic (exact) mass is 390 g/mol. The third kappa shape index (κ3) is 3.68. The summed E-state index contributed by atoms with van der Waals surface area (Å²) in [4.78, 5) is 29.2. The first-order valence-electron chi connectivity index (χ1n) is 8.33. The average molecular weight is 390 g/mol. The highest BCUT2D eigenvalue weighted by molar-refractivity contribution is 6.09. The van der Waals surface area contributed by atoms with E-state index in [1.54, 1.807) is 45.2 Å². The van der Waals surface area contributed by atoms with Gasteiger partial charge in [0.2, 0.25) is 5.82 Å². The van der Waals surface area contributed by atoms with Crippen LogP contribution < -0.4 is 10.6 Å². The van der Waals surface area contributed by atoms with Gasteiger partial charge in [0.15, 0.2) is 23.1 Å². The van der Waals surface area contributed by atoms with Crippen LogP contribution in [-0.2, 0) is 0 Å². The number of benzene rings is 1. The lowest BCUT2D eigenvalue weighted by molar-refractivity contribution is 0.0908. The molecule has 0 unspecified atom stereocenters. The summed E-state index contributed by atoms with van der Waals surface area (Å²) in [7, 11) is 0. The van der Waals surface area contributed by atoms with E-state index in [4.69, 9.17) is 0 Å². The van der Waals surface area contributed by atoms with Gasteiger partial charge in [-0.2, -0.15) is 0 Å². The van der Waals surface area contributed by atoms with E-state index < -0.39 is 40.5 Å². The number of aromatic nitrogens is 2. The van der Waals surface area contributed by atoms with Crippen LogP contribution >= 0.6 is 0 Å². The van der Waals surface area contributed by atoms with Crippen molar-refractivity contribution in [3.8, 4) is 0 Å². The lowest BCUT2D eigenvalue weighted by Crippen LogP contribution is -2.41. The van der Waals surface area contributed by atoms with Crippen molar-refractivity contribution in [2.75, 3.05) is 5.32 Å². The highest BCUT2D eigenvalue weighted by Crippen LogP contribution is 2.21. The zero-order chi connectivity index (χ0) is 20.6. The number of imidazole rings is 1. The Morgan fingerprint density at radius 1 is 1.00 bits per heavy atom. The maximum absolute atomic E-state index is 13.9. The van der Waals surface area contributed by atoms with Crippen molar-refractivity contribution in [1.29, 1.82) is 0 Å². The molecule has 2 aromatic heterocycles. The second-order valence-corrected chi connectivity index (χ2v) is 7.12. The number of amides is 2. The van der Waals surface area contributed by atoms with Crippen molar-refractivity contribution in [3.63, 3.8) is 0 Å². The Hall–Kier alpha value is -3.36. The van der Waals surface area contributed by atoms with Crippen LogP contribution in [0.15, 0.2) is 36.5 Å². The van der Waals surface area contributed by atoms with Crippen molar-refractivity contribution >= 4 is 23.0 Å². The molecule has 2 N–H and O–H groups in total. The molecule has 2 heterocycles. The molecule has 0 aliphatic carbocycles. The topological polar surface area (TPSA) is 75.5 Å². The number of carbonyl (C=O) groups excluding carboxylic acids is 2. The summed E-state index contributed by atoms with van der Waals surface area (Å²) < 4.78 is 41.7. The Labute approximate surface area is 158 Å². The number of hydrogen-bond donors (Lipinski definition) is 2. The van der Waals surface area contributed by atoms with E-state index in [0.717, 1.165) is 6.07 Å². The van der Waals surface area contributed by atoms with Crippen LogP contribution in [-0.4, -0.2) is 26.7 Å². The van der Waals surface area contributed by atoms with Crippen LogP contribution in [0.1, 0.15) is 41.9 Å². The minimum Gasteiger partial charge on any atom is -0.345 e. The van der Waals surface area contributed by atoms with Gasteiger partial charge >= 0.3 is 0 Å². The minimum absolute atomic E-state index is 0.0403. The van der Waals surface area contributed by atoms with Gasteiger partial charge in [0, 0.05) is 11.7 Å². The molecule has 0 radical (unpaired) electrons. The Balaban J connectivity index is 2.01. The number of fused-ring (bicyclic) bond motifs is 1. The molecular weight excluding hydrogens is 373 g/mol.